The lowest BCUT2D eigenvalue weighted by atomic mass is 9.83. The summed E-state index contributed by atoms with van der Waals surface area (Å²) in [5, 5.41) is 14.9. The van der Waals surface area contributed by atoms with Crippen LogP contribution in [0.15, 0.2) is 23.5 Å². The van der Waals surface area contributed by atoms with Crippen LogP contribution in [0.25, 0.3) is 0 Å². The molecule has 1 fully saturated rings. The molecule has 6 nitrogen and oxygen atoms in total. The first kappa shape index (κ1) is 15.3. The van der Waals surface area contributed by atoms with E-state index in [9.17, 15) is 4.79 Å². The summed E-state index contributed by atoms with van der Waals surface area (Å²) in [5.41, 5.74) is 6.96. The van der Waals surface area contributed by atoms with Gasteiger partial charge < -0.3 is 16.3 Å². The maximum atomic E-state index is 12.4. The highest BCUT2D eigenvalue weighted by Crippen LogP contribution is 2.26. The lowest BCUT2D eigenvalue weighted by Crippen LogP contribution is -2.50. The molecule has 1 atom stereocenters. The highest BCUT2D eigenvalue weighted by atomic mass is 16.4. The fourth-order valence-electron chi connectivity index (χ4n) is 2.90. The van der Waals surface area contributed by atoms with Gasteiger partial charge in [-0.1, -0.05) is 30.5 Å². The lowest BCUT2D eigenvalue weighted by Gasteiger charge is -2.30. The summed E-state index contributed by atoms with van der Waals surface area (Å²) in [4.78, 5) is 16.5. The highest BCUT2D eigenvalue weighted by molar-refractivity contribution is 5.97. The maximum absolute atomic E-state index is 12.4. The molecule has 1 amide bonds. The van der Waals surface area contributed by atoms with Crippen LogP contribution in [0.4, 0.5) is 0 Å². The molecule has 1 heterocycles. The number of carbonyl (C=O) groups excluding carboxylic acids is 1. The molecule has 1 unspecified atom stereocenters. The molecule has 0 aliphatic heterocycles. The van der Waals surface area contributed by atoms with Crippen LogP contribution < -0.4 is 11.1 Å². The SMILES string of the molecule is Cc1cccnc1C(=O)NC(C(N)=NO)C1CCCCC1. The summed E-state index contributed by atoms with van der Waals surface area (Å²) in [6.07, 6.45) is 6.95. The summed E-state index contributed by atoms with van der Waals surface area (Å²) in [7, 11) is 0. The number of nitrogens with zero attached hydrogens (tertiary/aromatic N) is 2. The highest BCUT2D eigenvalue weighted by Gasteiger charge is 2.29. The number of nitrogens with one attached hydrogen (secondary N) is 1. The molecule has 0 bridgehead atoms. The number of hydrogen-bond donors (Lipinski definition) is 3. The van der Waals surface area contributed by atoms with Crippen LogP contribution in [0.3, 0.4) is 0 Å². The van der Waals surface area contributed by atoms with E-state index in [1.165, 1.54) is 6.42 Å². The van der Waals surface area contributed by atoms with Crippen molar-refractivity contribution in [1.82, 2.24) is 10.3 Å². The summed E-state index contributed by atoms with van der Waals surface area (Å²) >= 11 is 0. The number of amides is 1. The van der Waals surface area contributed by atoms with Crippen LogP contribution in [-0.2, 0) is 0 Å². The largest absolute Gasteiger partial charge is 0.409 e. The lowest BCUT2D eigenvalue weighted by molar-refractivity contribution is 0.0924. The Kier molecular flexibility index (Phi) is 5.14. The smallest absolute Gasteiger partial charge is 0.270 e. The Balaban J connectivity index is 2.15. The molecule has 1 aromatic rings. The van der Waals surface area contributed by atoms with Crippen LogP contribution in [0.5, 0.6) is 0 Å². The topological polar surface area (TPSA) is 101 Å². The predicted molar refractivity (Wildman–Crippen MR) is 80.2 cm³/mol. The van der Waals surface area contributed by atoms with Gasteiger partial charge in [-0.15, -0.1) is 0 Å². The van der Waals surface area contributed by atoms with Gasteiger partial charge in [0.2, 0.25) is 0 Å². The van der Waals surface area contributed by atoms with E-state index in [4.69, 9.17) is 10.9 Å². The standard InChI is InChI=1S/C15H22N4O2/c1-10-6-5-9-17-12(10)15(20)18-13(14(16)19-21)11-7-3-2-4-8-11/h5-6,9,11,13,21H,2-4,7-8H2,1H3,(H2,16,19)(H,18,20). The molecule has 21 heavy (non-hydrogen) atoms. The predicted octanol–water partition coefficient (Wildman–Crippen LogP) is 1.82. The summed E-state index contributed by atoms with van der Waals surface area (Å²) < 4.78 is 0. The van der Waals surface area contributed by atoms with Crippen molar-refractivity contribution in [2.24, 2.45) is 16.8 Å². The second-order valence-corrected chi connectivity index (χ2v) is 5.54. The van der Waals surface area contributed by atoms with Crippen LogP contribution in [-0.4, -0.2) is 28.0 Å². The average Bonchev–Trinajstić information content (AvgIpc) is 2.53. The quantitative estimate of drug-likeness (QED) is 0.341. The van der Waals surface area contributed by atoms with Crippen molar-refractivity contribution in [3.63, 3.8) is 0 Å². The average molecular weight is 290 g/mol. The molecule has 0 saturated heterocycles. The van der Waals surface area contributed by atoms with Gasteiger partial charge in [0.1, 0.15) is 5.69 Å². The molecule has 4 N–H and O–H groups in total. The number of aromatic nitrogens is 1. The number of pyridine rings is 1. The van der Waals surface area contributed by atoms with Gasteiger partial charge in [-0.2, -0.15) is 0 Å². The molecule has 2 rings (SSSR count). The monoisotopic (exact) mass is 290 g/mol. The second-order valence-electron chi connectivity index (χ2n) is 5.54. The van der Waals surface area contributed by atoms with Gasteiger partial charge in [0.25, 0.3) is 5.91 Å². The van der Waals surface area contributed by atoms with Crippen LogP contribution in [0, 0.1) is 12.8 Å². The van der Waals surface area contributed by atoms with Crippen LogP contribution >= 0.6 is 0 Å². The number of oxime groups is 1. The minimum absolute atomic E-state index is 0.0591. The molecule has 6 heteroatoms. The van der Waals surface area contributed by atoms with E-state index in [-0.39, 0.29) is 17.7 Å². The molecule has 114 valence electrons. The van der Waals surface area contributed by atoms with Gasteiger partial charge in [-0.25, -0.2) is 0 Å². The van der Waals surface area contributed by atoms with Gasteiger partial charge in [-0.3, -0.25) is 9.78 Å². The van der Waals surface area contributed by atoms with Gasteiger partial charge >= 0.3 is 0 Å². The summed E-state index contributed by atoms with van der Waals surface area (Å²) in [6.45, 7) is 1.83. The maximum Gasteiger partial charge on any atom is 0.270 e. The number of aryl methyl sites for hydroxylation is 1. The van der Waals surface area contributed by atoms with Crippen molar-refractivity contribution in [2.75, 3.05) is 0 Å². The number of hydrogen-bond acceptors (Lipinski definition) is 4. The Morgan fingerprint density at radius 3 is 2.81 bits per heavy atom. The summed E-state index contributed by atoms with van der Waals surface area (Å²) in [5.74, 6) is -0.0123. The van der Waals surface area contributed by atoms with E-state index in [0.717, 1.165) is 31.2 Å². The van der Waals surface area contributed by atoms with Gasteiger partial charge in [-0.05, 0) is 37.3 Å². The van der Waals surface area contributed by atoms with Crippen molar-refractivity contribution in [2.45, 2.75) is 45.1 Å². The Morgan fingerprint density at radius 2 is 2.19 bits per heavy atom. The van der Waals surface area contributed by atoms with Gasteiger partial charge in [0.15, 0.2) is 5.84 Å². The van der Waals surface area contributed by atoms with E-state index in [1.54, 1.807) is 12.3 Å². The number of nitrogens with two attached hydrogens (primary N) is 1. The fraction of sp³-hybridized carbons (Fsp3) is 0.533. The van der Waals surface area contributed by atoms with Crippen molar-refractivity contribution in [3.05, 3.63) is 29.6 Å². The van der Waals surface area contributed by atoms with Crippen molar-refractivity contribution >= 4 is 11.7 Å². The molecular formula is C15H22N4O2. The fourth-order valence-corrected chi connectivity index (χ4v) is 2.90. The molecule has 0 aromatic carbocycles. The first-order valence-corrected chi connectivity index (χ1v) is 7.33. The minimum Gasteiger partial charge on any atom is -0.409 e. The zero-order chi connectivity index (χ0) is 15.2. The normalized spacial score (nSPS) is 18.2. The summed E-state index contributed by atoms with van der Waals surface area (Å²) in [6, 6.07) is 3.18. The third kappa shape index (κ3) is 3.71. The first-order chi connectivity index (χ1) is 10.1. The molecule has 1 aromatic heterocycles. The number of carbonyl (C=O) groups is 1. The molecular weight excluding hydrogens is 268 g/mol. The van der Waals surface area contributed by atoms with Crippen molar-refractivity contribution in [3.8, 4) is 0 Å². The van der Waals surface area contributed by atoms with Crippen molar-refractivity contribution < 1.29 is 10.0 Å². The van der Waals surface area contributed by atoms with Gasteiger partial charge in [0, 0.05) is 6.20 Å². The zero-order valence-electron chi connectivity index (χ0n) is 12.2. The molecule has 1 aliphatic rings. The van der Waals surface area contributed by atoms with Crippen LogP contribution in [0.2, 0.25) is 0 Å². The third-order valence-corrected chi connectivity index (χ3v) is 4.07. The molecule has 1 aliphatic carbocycles. The first-order valence-electron chi connectivity index (χ1n) is 7.33. The Bertz CT molecular complexity index is 524. The molecule has 0 radical (unpaired) electrons. The number of amidine groups is 1. The Labute approximate surface area is 124 Å². The molecule has 1 saturated carbocycles. The zero-order valence-corrected chi connectivity index (χ0v) is 12.2. The third-order valence-electron chi connectivity index (χ3n) is 4.07. The second kappa shape index (κ2) is 7.06. The Hall–Kier alpha value is -2.11. The van der Waals surface area contributed by atoms with Crippen LogP contribution in [0.1, 0.15) is 48.2 Å². The van der Waals surface area contributed by atoms with E-state index in [0.29, 0.717) is 5.69 Å². The van der Waals surface area contributed by atoms with E-state index >= 15 is 0 Å². The molecule has 0 spiro atoms. The van der Waals surface area contributed by atoms with E-state index in [1.807, 2.05) is 13.0 Å². The Morgan fingerprint density at radius 1 is 1.48 bits per heavy atom. The van der Waals surface area contributed by atoms with E-state index < -0.39 is 6.04 Å². The van der Waals surface area contributed by atoms with Crippen molar-refractivity contribution in [1.29, 1.82) is 0 Å². The minimum atomic E-state index is -0.441. The van der Waals surface area contributed by atoms with Gasteiger partial charge in [0.05, 0.1) is 6.04 Å². The van der Waals surface area contributed by atoms with E-state index in [2.05, 4.69) is 15.5 Å². The number of rotatable bonds is 4.